The molecule has 0 unspecified atom stereocenters. The first-order valence-corrected chi connectivity index (χ1v) is 7.38. The van der Waals surface area contributed by atoms with Crippen molar-refractivity contribution in [2.24, 2.45) is 4.36 Å². The molecule has 15 heavy (non-hydrogen) atoms. The van der Waals surface area contributed by atoms with Crippen molar-refractivity contribution in [2.75, 3.05) is 24.7 Å². The van der Waals surface area contributed by atoms with Gasteiger partial charge in [0.2, 0.25) is 0 Å². The summed E-state index contributed by atoms with van der Waals surface area (Å²) in [6.45, 7) is 1.11. The van der Waals surface area contributed by atoms with E-state index in [1.54, 1.807) is 0 Å². The van der Waals surface area contributed by atoms with Crippen LogP contribution in [0.25, 0.3) is 0 Å². The van der Waals surface area contributed by atoms with Gasteiger partial charge in [-0.3, -0.25) is 0 Å². The molecule has 1 saturated heterocycles. The minimum absolute atomic E-state index is 0.545. The Hall–Kier alpha value is -0.390. The van der Waals surface area contributed by atoms with Crippen LogP contribution in [0.1, 0.15) is 0 Å². The maximum Gasteiger partial charge on any atom is 0.0731 e. The average molecular weight is 290 g/mol. The van der Waals surface area contributed by atoms with Crippen LogP contribution in [0.15, 0.2) is 33.1 Å². The van der Waals surface area contributed by atoms with E-state index in [1.807, 2.05) is 24.3 Å². The number of nitrogens with zero attached hydrogens (tertiary/aromatic N) is 1. The maximum atomic E-state index is 12.2. The molecule has 0 aliphatic carbocycles. The highest BCUT2D eigenvalue weighted by Crippen LogP contribution is 2.19. The molecule has 3 nitrogen and oxygen atoms in total. The molecule has 5 heteroatoms. The van der Waals surface area contributed by atoms with Crippen LogP contribution in [0.4, 0.5) is 5.69 Å². The summed E-state index contributed by atoms with van der Waals surface area (Å²) in [5.74, 6) is 1.09. The van der Waals surface area contributed by atoms with Gasteiger partial charge in [-0.05, 0) is 24.3 Å². The quantitative estimate of drug-likeness (QED) is 0.797. The zero-order valence-electron chi connectivity index (χ0n) is 8.19. The van der Waals surface area contributed by atoms with Gasteiger partial charge in [-0.2, -0.15) is 4.36 Å². The minimum Gasteiger partial charge on any atom is -0.379 e. The van der Waals surface area contributed by atoms with E-state index >= 15 is 0 Å². The van der Waals surface area contributed by atoms with Gasteiger partial charge >= 0.3 is 0 Å². The molecular formula is C10H12BrNO2S. The summed E-state index contributed by atoms with van der Waals surface area (Å²) in [4.78, 5) is 0. The molecule has 0 saturated carbocycles. The Bertz CT molecular complexity index is 437. The monoisotopic (exact) mass is 289 g/mol. The molecule has 0 bridgehead atoms. The van der Waals surface area contributed by atoms with Crippen molar-refractivity contribution >= 4 is 31.3 Å². The van der Waals surface area contributed by atoms with Gasteiger partial charge in [-0.1, -0.05) is 15.9 Å². The summed E-state index contributed by atoms with van der Waals surface area (Å²) in [7, 11) is -2.07. The van der Waals surface area contributed by atoms with Crippen LogP contribution in [0.5, 0.6) is 0 Å². The van der Waals surface area contributed by atoms with Crippen LogP contribution < -0.4 is 0 Å². The molecule has 0 spiro atoms. The first-order chi connectivity index (χ1) is 7.18. The van der Waals surface area contributed by atoms with Crippen molar-refractivity contribution < 1.29 is 8.95 Å². The molecule has 0 N–H and O–H groups in total. The lowest BCUT2D eigenvalue weighted by molar-refractivity contribution is 0.158. The molecule has 2 rings (SSSR count). The highest BCUT2D eigenvalue weighted by atomic mass is 79.9. The normalized spacial score (nSPS) is 19.8. The lowest BCUT2D eigenvalue weighted by atomic mass is 10.3. The number of ether oxygens (including phenoxy) is 1. The highest BCUT2D eigenvalue weighted by Gasteiger charge is 2.14. The second kappa shape index (κ2) is 4.63. The second-order valence-electron chi connectivity index (χ2n) is 3.36. The SMILES string of the molecule is O=S1(=Nc2ccc(Br)cc2)CCOCC1. The lowest BCUT2D eigenvalue weighted by Crippen LogP contribution is -2.25. The van der Waals surface area contributed by atoms with E-state index in [2.05, 4.69) is 20.3 Å². The fourth-order valence-electron chi connectivity index (χ4n) is 1.37. The molecule has 0 atom stereocenters. The summed E-state index contributed by atoms with van der Waals surface area (Å²) in [5, 5.41) is 0. The van der Waals surface area contributed by atoms with Crippen LogP contribution in [-0.4, -0.2) is 28.9 Å². The van der Waals surface area contributed by atoms with Crippen LogP contribution in [0, 0.1) is 0 Å². The van der Waals surface area contributed by atoms with Gasteiger partial charge in [0.05, 0.1) is 40.1 Å². The molecule has 1 aliphatic rings. The Kier molecular flexibility index (Phi) is 3.43. The third-order valence-corrected chi connectivity index (χ3v) is 4.87. The van der Waals surface area contributed by atoms with Crippen molar-refractivity contribution in [3.8, 4) is 0 Å². The van der Waals surface area contributed by atoms with Gasteiger partial charge < -0.3 is 4.74 Å². The molecule has 1 aromatic rings. The van der Waals surface area contributed by atoms with Gasteiger partial charge in [0.25, 0.3) is 0 Å². The van der Waals surface area contributed by atoms with E-state index in [0.29, 0.717) is 24.7 Å². The molecule has 1 aliphatic heterocycles. The summed E-state index contributed by atoms with van der Waals surface area (Å²) < 4.78 is 22.7. The van der Waals surface area contributed by atoms with Gasteiger partial charge in [0.1, 0.15) is 0 Å². The fourth-order valence-corrected chi connectivity index (χ4v) is 3.28. The zero-order chi connectivity index (χ0) is 10.7. The summed E-state index contributed by atoms with van der Waals surface area (Å²) in [6.07, 6.45) is 0. The van der Waals surface area contributed by atoms with E-state index in [0.717, 1.165) is 10.2 Å². The van der Waals surface area contributed by atoms with Gasteiger partial charge in [-0.15, -0.1) is 0 Å². The predicted molar refractivity (Wildman–Crippen MR) is 64.9 cm³/mol. The fraction of sp³-hybridized carbons (Fsp3) is 0.400. The summed E-state index contributed by atoms with van der Waals surface area (Å²) >= 11 is 3.35. The number of hydrogen-bond acceptors (Lipinski definition) is 3. The van der Waals surface area contributed by atoms with Crippen molar-refractivity contribution in [1.29, 1.82) is 0 Å². The third-order valence-electron chi connectivity index (χ3n) is 2.19. The number of halogens is 1. The Morgan fingerprint density at radius 1 is 1.20 bits per heavy atom. The Labute approximate surface area is 98.1 Å². The van der Waals surface area contributed by atoms with Gasteiger partial charge in [0, 0.05) is 4.47 Å². The van der Waals surface area contributed by atoms with Crippen LogP contribution in [-0.2, 0) is 14.5 Å². The van der Waals surface area contributed by atoms with Crippen molar-refractivity contribution in [3.05, 3.63) is 28.7 Å². The molecule has 82 valence electrons. The zero-order valence-corrected chi connectivity index (χ0v) is 10.6. The summed E-state index contributed by atoms with van der Waals surface area (Å²) in [5.41, 5.74) is 0.783. The van der Waals surface area contributed by atoms with E-state index < -0.39 is 9.73 Å². The number of hydrogen-bond donors (Lipinski definition) is 0. The van der Waals surface area contributed by atoms with Gasteiger partial charge in [0.15, 0.2) is 0 Å². The summed E-state index contributed by atoms with van der Waals surface area (Å²) in [6, 6.07) is 7.54. The predicted octanol–water partition coefficient (Wildman–Crippen LogP) is 2.58. The van der Waals surface area contributed by atoms with Crippen LogP contribution >= 0.6 is 15.9 Å². The van der Waals surface area contributed by atoms with E-state index in [4.69, 9.17) is 4.74 Å². The Morgan fingerprint density at radius 2 is 1.80 bits per heavy atom. The molecule has 1 fully saturated rings. The average Bonchev–Trinajstić information content (AvgIpc) is 2.22. The Morgan fingerprint density at radius 3 is 2.40 bits per heavy atom. The van der Waals surface area contributed by atoms with Gasteiger partial charge in [-0.25, -0.2) is 4.21 Å². The first-order valence-electron chi connectivity index (χ1n) is 4.74. The number of rotatable bonds is 1. The standard InChI is InChI=1S/C10H12BrNO2S/c11-9-1-3-10(4-2-9)12-15(13)7-5-14-6-8-15/h1-4H,5-8H2. The molecule has 0 amide bonds. The molecule has 0 radical (unpaired) electrons. The van der Waals surface area contributed by atoms with Crippen LogP contribution in [0.2, 0.25) is 0 Å². The van der Waals surface area contributed by atoms with Crippen molar-refractivity contribution in [3.63, 3.8) is 0 Å². The molecule has 1 heterocycles. The molecular weight excluding hydrogens is 278 g/mol. The lowest BCUT2D eigenvalue weighted by Gasteiger charge is -2.15. The van der Waals surface area contributed by atoms with E-state index in [9.17, 15) is 4.21 Å². The van der Waals surface area contributed by atoms with Crippen molar-refractivity contribution in [1.82, 2.24) is 0 Å². The van der Waals surface area contributed by atoms with E-state index in [-0.39, 0.29) is 0 Å². The number of benzene rings is 1. The maximum absolute atomic E-state index is 12.2. The molecule has 1 aromatic carbocycles. The largest absolute Gasteiger partial charge is 0.379 e. The Balaban J connectivity index is 2.28. The minimum atomic E-state index is -2.07. The smallest absolute Gasteiger partial charge is 0.0731 e. The molecule has 0 aromatic heterocycles. The van der Waals surface area contributed by atoms with Crippen molar-refractivity contribution in [2.45, 2.75) is 0 Å². The first kappa shape index (κ1) is 11.1. The van der Waals surface area contributed by atoms with Crippen LogP contribution in [0.3, 0.4) is 0 Å². The second-order valence-corrected chi connectivity index (χ2v) is 6.82. The highest BCUT2D eigenvalue weighted by molar-refractivity contribution is 9.10. The topological polar surface area (TPSA) is 38.7 Å². The third kappa shape index (κ3) is 3.03. The van der Waals surface area contributed by atoms with E-state index in [1.165, 1.54) is 0 Å².